The van der Waals surface area contributed by atoms with Gasteiger partial charge in [0, 0.05) is 25.7 Å². The molecule has 1 aliphatic heterocycles. The zero-order valence-electron chi connectivity index (χ0n) is 14.4. The molecule has 1 N–H and O–H groups in total. The normalized spacial score (nSPS) is 17.7. The Kier molecular flexibility index (Phi) is 6.86. The number of amides is 1. The van der Waals surface area contributed by atoms with Gasteiger partial charge < -0.3 is 14.8 Å². The molecule has 0 unspecified atom stereocenters. The van der Waals surface area contributed by atoms with Gasteiger partial charge in [-0.1, -0.05) is 12.1 Å². The number of nitrogens with zero attached hydrogens (tertiary/aromatic N) is 1. The second-order valence-electron chi connectivity index (χ2n) is 6.38. The van der Waals surface area contributed by atoms with Crippen LogP contribution in [0.3, 0.4) is 0 Å². The molecule has 1 saturated heterocycles. The van der Waals surface area contributed by atoms with E-state index >= 15 is 0 Å². The van der Waals surface area contributed by atoms with E-state index in [4.69, 9.17) is 9.47 Å². The van der Waals surface area contributed by atoms with Crippen LogP contribution in [0.1, 0.15) is 32.3 Å². The van der Waals surface area contributed by atoms with Crippen LogP contribution in [0.15, 0.2) is 24.3 Å². The highest BCUT2D eigenvalue weighted by Crippen LogP contribution is 2.17. The van der Waals surface area contributed by atoms with E-state index in [2.05, 4.69) is 16.3 Å². The van der Waals surface area contributed by atoms with Crippen molar-refractivity contribution in [1.29, 1.82) is 0 Å². The third-order valence-corrected chi connectivity index (χ3v) is 3.84. The molecule has 5 heteroatoms. The predicted octanol–water partition coefficient (Wildman–Crippen LogP) is 2.20. The van der Waals surface area contributed by atoms with E-state index in [-0.39, 0.29) is 18.1 Å². The third-order valence-electron chi connectivity index (χ3n) is 3.84. The van der Waals surface area contributed by atoms with E-state index in [1.807, 2.05) is 32.0 Å². The van der Waals surface area contributed by atoms with Crippen molar-refractivity contribution in [3.05, 3.63) is 29.8 Å². The molecule has 2 rings (SSSR count). The molecule has 1 atom stereocenters. The molecule has 0 saturated carbocycles. The Morgan fingerprint density at radius 3 is 2.96 bits per heavy atom. The van der Waals surface area contributed by atoms with Gasteiger partial charge in [0.1, 0.15) is 5.75 Å². The fraction of sp³-hybridized carbons (Fsp3) is 0.611. The number of benzene rings is 1. The van der Waals surface area contributed by atoms with Gasteiger partial charge in [0.05, 0.1) is 19.8 Å². The lowest BCUT2D eigenvalue weighted by Crippen LogP contribution is -2.42. The summed E-state index contributed by atoms with van der Waals surface area (Å²) in [6.07, 6.45) is 2.41. The van der Waals surface area contributed by atoms with Gasteiger partial charge in [0.15, 0.2) is 0 Å². The Balaban J connectivity index is 2.00. The maximum atomic E-state index is 12.1. The molecule has 1 amide bonds. The quantitative estimate of drug-likeness (QED) is 0.798. The van der Waals surface area contributed by atoms with Crippen molar-refractivity contribution in [3.8, 4) is 5.75 Å². The summed E-state index contributed by atoms with van der Waals surface area (Å²) in [6.45, 7) is 6.66. The molecule has 0 spiro atoms. The van der Waals surface area contributed by atoms with Gasteiger partial charge in [-0.15, -0.1) is 0 Å². The van der Waals surface area contributed by atoms with Crippen molar-refractivity contribution in [1.82, 2.24) is 10.2 Å². The minimum atomic E-state index is 0.0564. The van der Waals surface area contributed by atoms with Crippen LogP contribution in [0.4, 0.5) is 0 Å². The van der Waals surface area contributed by atoms with Gasteiger partial charge in [-0.3, -0.25) is 9.69 Å². The minimum Gasteiger partial charge on any atom is -0.497 e. The summed E-state index contributed by atoms with van der Waals surface area (Å²) in [5, 5.41) is 2.96. The largest absolute Gasteiger partial charge is 0.497 e. The van der Waals surface area contributed by atoms with Gasteiger partial charge in [-0.2, -0.15) is 0 Å². The molecule has 0 aliphatic carbocycles. The molecular formula is C18H28N2O3. The van der Waals surface area contributed by atoms with Crippen molar-refractivity contribution in [2.45, 2.75) is 45.4 Å². The Morgan fingerprint density at radius 2 is 2.30 bits per heavy atom. The minimum absolute atomic E-state index is 0.0564. The van der Waals surface area contributed by atoms with Crippen LogP contribution < -0.4 is 10.1 Å². The number of hydrogen-bond acceptors (Lipinski definition) is 4. The fourth-order valence-electron chi connectivity index (χ4n) is 2.86. The molecule has 0 bridgehead atoms. The van der Waals surface area contributed by atoms with E-state index in [0.717, 1.165) is 37.3 Å². The highest BCUT2D eigenvalue weighted by molar-refractivity contribution is 5.78. The van der Waals surface area contributed by atoms with Crippen molar-refractivity contribution in [2.24, 2.45) is 0 Å². The first-order valence-electron chi connectivity index (χ1n) is 8.33. The Labute approximate surface area is 139 Å². The van der Waals surface area contributed by atoms with E-state index in [1.54, 1.807) is 7.11 Å². The number of methoxy groups -OCH3 is 1. The number of carbonyl (C=O) groups is 1. The lowest BCUT2D eigenvalue weighted by molar-refractivity contribution is -0.123. The molecule has 128 valence electrons. The van der Waals surface area contributed by atoms with Gasteiger partial charge in [0.2, 0.25) is 5.91 Å². The first-order chi connectivity index (χ1) is 11.1. The maximum Gasteiger partial charge on any atom is 0.234 e. The van der Waals surface area contributed by atoms with E-state index in [1.165, 1.54) is 0 Å². The molecule has 23 heavy (non-hydrogen) atoms. The maximum absolute atomic E-state index is 12.1. The summed E-state index contributed by atoms with van der Waals surface area (Å²) in [4.78, 5) is 14.3. The second kappa shape index (κ2) is 8.89. The highest BCUT2D eigenvalue weighted by atomic mass is 16.5. The molecule has 1 fully saturated rings. The van der Waals surface area contributed by atoms with Crippen LogP contribution in [-0.2, 0) is 16.1 Å². The molecule has 0 aromatic heterocycles. The molecule has 1 heterocycles. The Hall–Kier alpha value is -1.59. The first kappa shape index (κ1) is 17.8. The van der Waals surface area contributed by atoms with Gasteiger partial charge in [-0.25, -0.2) is 0 Å². The number of rotatable bonds is 8. The number of nitrogens with one attached hydrogen (secondary N) is 1. The third kappa shape index (κ3) is 6.20. The number of hydrogen-bond donors (Lipinski definition) is 1. The zero-order valence-corrected chi connectivity index (χ0v) is 14.4. The summed E-state index contributed by atoms with van der Waals surface area (Å²) in [5.41, 5.74) is 1.14. The average Bonchev–Trinajstić information content (AvgIpc) is 2.99. The predicted molar refractivity (Wildman–Crippen MR) is 90.5 cm³/mol. The van der Waals surface area contributed by atoms with Crippen LogP contribution in [0.2, 0.25) is 0 Å². The molecular weight excluding hydrogens is 292 g/mol. The number of ether oxygens (including phenoxy) is 2. The first-order valence-corrected chi connectivity index (χ1v) is 8.33. The van der Waals surface area contributed by atoms with E-state index in [9.17, 15) is 4.79 Å². The van der Waals surface area contributed by atoms with Gasteiger partial charge in [-0.05, 0) is 44.4 Å². The molecule has 1 aromatic rings. The smallest absolute Gasteiger partial charge is 0.234 e. The molecule has 5 nitrogen and oxygen atoms in total. The van der Waals surface area contributed by atoms with Crippen molar-refractivity contribution < 1.29 is 14.3 Å². The molecule has 1 aliphatic rings. The summed E-state index contributed by atoms with van der Waals surface area (Å²) >= 11 is 0. The summed E-state index contributed by atoms with van der Waals surface area (Å²) in [5.74, 6) is 0.895. The summed E-state index contributed by atoms with van der Waals surface area (Å²) in [6, 6.07) is 8.14. The molecule has 1 aromatic carbocycles. The van der Waals surface area contributed by atoms with Crippen molar-refractivity contribution in [2.75, 3.05) is 26.8 Å². The van der Waals surface area contributed by atoms with Crippen molar-refractivity contribution in [3.63, 3.8) is 0 Å². The SMILES string of the molecule is COc1cccc(CN(CC(=O)NC(C)C)C[C@@H]2CCCO2)c1. The van der Waals surface area contributed by atoms with Crippen LogP contribution in [0, 0.1) is 0 Å². The van der Waals surface area contributed by atoms with Gasteiger partial charge >= 0.3 is 0 Å². The van der Waals surface area contributed by atoms with Crippen LogP contribution in [0.25, 0.3) is 0 Å². The lowest BCUT2D eigenvalue weighted by Gasteiger charge is -2.25. The van der Waals surface area contributed by atoms with Crippen LogP contribution >= 0.6 is 0 Å². The average molecular weight is 320 g/mol. The topological polar surface area (TPSA) is 50.8 Å². The monoisotopic (exact) mass is 320 g/mol. The number of carbonyl (C=O) groups excluding carboxylic acids is 1. The van der Waals surface area contributed by atoms with Gasteiger partial charge in [0.25, 0.3) is 0 Å². The highest BCUT2D eigenvalue weighted by Gasteiger charge is 2.21. The standard InChI is InChI=1S/C18H28N2O3/c1-14(2)19-18(21)13-20(12-17-8-5-9-23-17)11-15-6-4-7-16(10-15)22-3/h4,6-7,10,14,17H,5,8-9,11-13H2,1-3H3,(H,19,21)/t17-/m0/s1. The lowest BCUT2D eigenvalue weighted by atomic mass is 10.1. The van der Waals surface area contributed by atoms with Crippen molar-refractivity contribution >= 4 is 5.91 Å². The Bertz CT molecular complexity index is 499. The van der Waals surface area contributed by atoms with Crippen LogP contribution in [0.5, 0.6) is 5.75 Å². The van der Waals surface area contributed by atoms with Crippen LogP contribution in [-0.4, -0.2) is 49.8 Å². The zero-order chi connectivity index (χ0) is 16.7. The summed E-state index contributed by atoms with van der Waals surface area (Å²) < 4.78 is 11.0. The second-order valence-corrected chi connectivity index (χ2v) is 6.38. The fourth-order valence-corrected chi connectivity index (χ4v) is 2.86. The summed E-state index contributed by atoms with van der Waals surface area (Å²) in [7, 11) is 1.67. The Morgan fingerprint density at radius 1 is 1.48 bits per heavy atom. The molecule has 0 radical (unpaired) electrons. The van der Waals surface area contributed by atoms with E-state index in [0.29, 0.717) is 13.1 Å². The van der Waals surface area contributed by atoms with E-state index < -0.39 is 0 Å².